The molecule has 2 N–H and O–H groups in total. The standard InChI is InChI=1S/C22H18F5N7O4/c1-33-18-11(7-13(30-31-18)12-8-28-21(36)29-19(12)35)20(32-33)38-16(17(23)24)10-2-3-15-14(6-10)34(4-5-37-15)9-22(25,26)27/h2-3,6-8,16-17H,4-5,9H2,1H3,(H2,28,29,35,36)/t16-/m1/s1. The van der Waals surface area contributed by atoms with E-state index in [4.69, 9.17) is 9.47 Å². The second-order valence-electron chi connectivity index (χ2n) is 8.37. The van der Waals surface area contributed by atoms with E-state index < -0.39 is 36.5 Å². The van der Waals surface area contributed by atoms with Crippen LogP contribution in [0.1, 0.15) is 11.7 Å². The molecule has 0 radical (unpaired) electrons. The fourth-order valence-corrected chi connectivity index (χ4v) is 4.07. The van der Waals surface area contributed by atoms with Gasteiger partial charge in [-0.3, -0.25) is 9.78 Å². The molecule has 0 saturated heterocycles. The van der Waals surface area contributed by atoms with Gasteiger partial charge in [0.05, 0.1) is 23.2 Å². The molecule has 0 amide bonds. The Hall–Kier alpha value is -4.50. The number of hydrogen-bond acceptors (Lipinski definition) is 8. The van der Waals surface area contributed by atoms with Crippen LogP contribution in [-0.2, 0) is 7.05 Å². The van der Waals surface area contributed by atoms with Crippen LogP contribution in [0.5, 0.6) is 11.6 Å². The molecule has 5 rings (SSSR count). The molecule has 1 aromatic carbocycles. The van der Waals surface area contributed by atoms with E-state index in [9.17, 15) is 31.5 Å². The van der Waals surface area contributed by atoms with Crippen molar-refractivity contribution in [2.75, 3.05) is 24.6 Å². The molecule has 0 spiro atoms. The fourth-order valence-electron chi connectivity index (χ4n) is 4.07. The number of nitrogens with zero attached hydrogens (tertiary/aromatic N) is 5. The molecule has 0 unspecified atom stereocenters. The summed E-state index contributed by atoms with van der Waals surface area (Å²) in [5.41, 5.74) is -1.46. The van der Waals surface area contributed by atoms with Crippen molar-refractivity contribution in [3.8, 4) is 22.9 Å². The first-order valence-corrected chi connectivity index (χ1v) is 11.1. The molecule has 1 atom stereocenters. The van der Waals surface area contributed by atoms with E-state index in [0.717, 1.165) is 11.1 Å². The largest absolute Gasteiger partial charge is 0.490 e. The Morgan fingerprint density at radius 3 is 2.68 bits per heavy atom. The highest BCUT2D eigenvalue weighted by Crippen LogP contribution is 2.39. The van der Waals surface area contributed by atoms with Gasteiger partial charge in [-0.05, 0) is 18.2 Å². The summed E-state index contributed by atoms with van der Waals surface area (Å²) in [6, 6.07) is 5.10. The van der Waals surface area contributed by atoms with Crippen LogP contribution in [0.15, 0.2) is 40.1 Å². The smallest absolute Gasteiger partial charge is 0.405 e. The third kappa shape index (κ3) is 4.88. The summed E-state index contributed by atoms with van der Waals surface area (Å²) in [6.45, 7) is -1.34. The molecular weight excluding hydrogens is 521 g/mol. The Labute approximate surface area is 208 Å². The van der Waals surface area contributed by atoms with Gasteiger partial charge in [0.1, 0.15) is 24.6 Å². The first kappa shape index (κ1) is 25.2. The number of ether oxygens (including phenoxy) is 2. The van der Waals surface area contributed by atoms with Gasteiger partial charge in [0.15, 0.2) is 11.8 Å². The lowest BCUT2D eigenvalue weighted by Gasteiger charge is -2.32. The first-order valence-electron chi connectivity index (χ1n) is 11.1. The number of alkyl halides is 5. The number of halogens is 5. The van der Waals surface area contributed by atoms with Crippen LogP contribution in [0.25, 0.3) is 22.3 Å². The third-order valence-electron chi connectivity index (χ3n) is 5.76. The summed E-state index contributed by atoms with van der Waals surface area (Å²) >= 11 is 0. The molecular formula is C22H18F5N7O4. The number of hydrogen-bond donors (Lipinski definition) is 2. The molecule has 38 heavy (non-hydrogen) atoms. The van der Waals surface area contributed by atoms with Crippen LogP contribution in [0.4, 0.5) is 27.6 Å². The quantitative estimate of drug-likeness (QED) is 0.358. The molecule has 0 bridgehead atoms. The number of rotatable bonds is 6. The summed E-state index contributed by atoms with van der Waals surface area (Å²) in [7, 11) is 1.47. The van der Waals surface area contributed by atoms with Crippen LogP contribution in [0, 0.1) is 0 Å². The van der Waals surface area contributed by atoms with Gasteiger partial charge in [-0.15, -0.1) is 15.3 Å². The lowest BCUT2D eigenvalue weighted by Crippen LogP contribution is -2.39. The summed E-state index contributed by atoms with van der Waals surface area (Å²) in [5, 5.41) is 12.1. The van der Waals surface area contributed by atoms with Crippen molar-refractivity contribution >= 4 is 16.7 Å². The van der Waals surface area contributed by atoms with Gasteiger partial charge in [-0.1, -0.05) is 6.07 Å². The summed E-state index contributed by atoms with van der Waals surface area (Å²) in [5.74, 6) is -0.141. The van der Waals surface area contributed by atoms with Crippen molar-refractivity contribution in [2.24, 2.45) is 7.05 Å². The summed E-state index contributed by atoms with van der Waals surface area (Å²) in [4.78, 5) is 28.8. The predicted octanol–water partition coefficient (Wildman–Crippen LogP) is 2.55. The molecule has 0 aliphatic carbocycles. The molecule has 16 heteroatoms. The molecule has 4 heterocycles. The number of H-pyrrole nitrogens is 2. The van der Waals surface area contributed by atoms with E-state index in [-0.39, 0.29) is 58.3 Å². The van der Waals surface area contributed by atoms with Crippen molar-refractivity contribution in [3.63, 3.8) is 0 Å². The number of aromatic amines is 2. The third-order valence-corrected chi connectivity index (χ3v) is 5.76. The number of fused-ring (bicyclic) bond motifs is 2. The second-order valence-corrected chi connectivity index (χ2v) is 8.37. The minimum Gasteiger partial charge on any atom is -0.490 e. The van der Waals surface area contributed by atoms with Gasteiger partial charge >= 0.3 is 11.9 Å². The molecule has 4 aromatic rings. The van der Waals surface area contributed by atoms with Crippen LogP contribution < -0.4 is 25.6 Å². The van der Waals surface area contributed by atoms with Gasteiger partial charge in [0.2, 0.25) is 5.88 Å². The molecule has 11 nitrogen and oxygen atoms in total. The first-order chi connectivity index (χ1) is 18.0. The zero-order chi connectivity index (χ0) is 27.2. The fraction of sp³-hybridized carbons (Fsp3) is 0.318. The zero-order valence-corrected chi connectivity index (χ0v) is 19.4. The van der Waals surface area contributed by atoms with Crippen molar-refractivity contribution < 1.29 is 31.4 Å². The van der Waals surface area contributed by atoms with Gasteiger partial charge in [-0.2, -0.15) is 13.2 Å². The van der Waals surface area contributed by atoms with Gasteiger partial charge in [-0.25, -0.2) is 18.3 Å². The van der Waals surface area contributed by atoms with Crippen molar-refractivity contribution in [3.05, 3.63) is 56.9 Å². The Morgan fingerprint density at radius 1 is 1.18 bits per heavy atom. The highest BCUT2D eigenvalue weighted by molar-refractivity contribution is 5.84. The zero-order valence-electron chi connectivity index (χ0n) is 19.4. The maximum absolute atomic E-state index is 14.2. The van der Waals surface area contributed by atoms with E-state index in [0.29, 0.717) is 0 Å². The average Bonchev–Trinajstić information content (AvgIpc) is 3.16. The van der Waals surface area contributed by atoms with Gasteiger partial charge in [0, 0.05) is 18.8 Å². The minimum atomic E-state index is -4.51. The Kier molecular flexibility index (Phi) is 6.24. The number of anilines is 1. The van der Waals surface area contributed by atoms with Crippen LogP contribution in [-0.4, -0.2) is 62.2 Å². The van der Waals surface area contributed by atoms with E-state index >= 15 is 0 Å². The number of aryl methyl sites for hydroxylation is 1. The predicted molar refractivity (Wildman–Crippen MR) is 123 cm³/mol. The van der Waals surface area contributed by atoms with Crippen molar-refractivity contribution in [2.45, 2.75) is 18.7 Å². The SMILES string of the molecule is Cn1nc(O[C@H](c2ccc3c(c2)N(CC(F)(F)F)CCO3)C(F)F)c2cc(-c3c[nH]c(=O)[nH]c3=O)nnc21. The summed E-state index contributed by atoms with van der Waals surface area (Å²) in [6.07, 6.45) is -8.40. The van der Waals surface area contributed by atoms with Crippen LogP contribution in [0.2, 0.25) is 0 Å². The molecule has 200 valence electrons. The lowest BCUT2D eigenvalue weighted by atomic mass is 10.1. The molecule has 1 aliphatic rings. The number of aromatic nitrogens is 6. The Balaban J connectivity index is 1.53. The number of benzene rings is 1. The van der Waals surface area contributed by atoms with E-state index in [1.165, 1.54) is 36.0 Å². The van der Waals surface area contributed by atoms with E-state index in [2.05, 4.69) is 20.3 Å². The Bertz CT molecular complexity index is 1610. The normalized spacial score (nSPS) is 14.4. The number of nitrogens with one attached hydrogen (secondary N) is 2. The molecule has 1 aliphatic heterocycles. The topological polar surface area (TPSA) is 131 Å². The summed E-state index contributed by atoms with van der Waals surface area (Å²) < 4.78 is 79.9. The highest BCUT2D eigenvalue weighted by Gasteiger charge is 2.35. The van der Waals surface area contributed by atoms with Crippen molar-refractivity contribution in [1.29, 1.82) is 0 Å². The van der Waals surface area contributed by atoms with Crippen LogP contribution >= 0.6 is 0 Å². The van der Waals surface area contributed by atoms with Crippen LogP contribution in [0.3, 0.4) is 0 Å². The maximum atomic E-state index is 14.2. The highest BCUT2D eigenvalue weighted by atomic mass is 19.4. The maximum Gasteiger partial charge on any atom is 0.405 e. The Morgan fingerprint density at radius 2 is 1.97 bits per heavy atom. The monoisotopic (exact) mass is 539 g/mol. The lowest BCUT2D eigenvalue weighted by molar-refractivity contribution is -0.120. The second kappa shape index (κ2) is 9.42. The van der Waals surface area contributed by atoms with Gasteiger partial charge in [0.25, 0.3) is 12.0 Å². The molecule has 0 fully saturated rings. The average molecular weight is 539 g/mol. The minimum absolute atomic E-state index is 0.00942. The van der Waals surface area contributed by atoms with E-state index in [1.807, 2.05) is 4.98 Å². The molecule has 0 saturated carbocycles. The van der Waals surface area contributed by atoms with Crippen molar-refractivity contribution in [1.82, 2.24) is 29.9 Å². The van der Waals surface area contributed by atoms with Gasteiger partial charge < -0.3 is 19.4 Å². The van der Waals surface area contributed by atoms with E-state index in [1.54, 1.807) is 0 Å². The molecule has 3 aromatic heterocycles.